The van der Waals surface area contributed by atoms with Gasteiger partial charge in [0.05, 0.1) is 6.61 Å². The fourth-order valence-corrected chi connectivity index (χ4v) is 1.27. The van der Waals surface area contributed by atoms with Crippen LogP contribution in [0.1, 0.15) is 31.1 Å². The second-order valence-electron chi connectivity index (χ2n) is 3.21. The Morgan fingerprint density at radius 3 is 2.40 bits per heavy atom. The topological polar surface area (TPSA) is 26.3 Å². The number of hydrogen-bond donors (Lipinski definition) is 0. The van der Waals surface area contributed by atoms with E-state index in [1.807, 2.05) is 19.1 Å². The first-order chi connectivity index (χ1) is 7.19. The Hall–Kier alpha value is -1.38. The zero-order chi connectivity index (χ0) is 11.3. The molecule has 0 spiro atoms. The lowest BCUT2D eigenvalue weighted by molar-refractivity contribution is -0.149. The van der Waals surface area contributed by atoms with Crippen LogP contribution in [-0.4, -0.2) is 12.6 Å². The van der Waals surface area contributed by atoms with Gasteiger partial charge in [0.25, 0.3) is 0 Å². The highest BCUT2D eigenvalue weighted by molar-refractivity contribution is 5.76. The van der Waals surface area contributed by atoms with Crippen molar-refractivity contribution >= 4 is 5.97 Å². The standard InChI is InChI=1S/C12H15FO2/c1-3-9-5-7-10(8-6-9)11(13)12(14)15-4-2/h5-8,11H,3-4H2,1-2H3. The molecule has 2 nitrogen and oxygen atoms in total. The number of carbonyl (C=O) groups excluding carboxylic acids is 1. The number of ether oxygens (including phenoxy) is 1. The minimum absolute atomic E-state index is 0.201. The second-order valence-corrected chi connectivity index (χ2v) is 3.21. The molecule has 0 saturated heterocycles. The Labute approximate surface area is 89.1 Å². The molecule has 1 aromatic rings. The monoisotopic (exact) mass is 210 g/mol. The lowest BCUT2D eigenvalue weighted by Gasteiger charge is -2.08. The van der Waals surface area contributed by atoms with Gasteiger partial charge < -0.3 is 4.74 Å². The van der Waals surface area contributed by atoms with Gasteiger partial charge in [-0.1, -0.05) is 31.2 Å². The summed E-state index contributed by atoms with van der Waals surface area (Å²) in [7, 11) is 0. The molecule has 3 heteroatoms. The van der Waals surface area contributed by atoms with Crippen LogP contribution in [0.2, 0.25) is 0 Å². The fraction of sp³-hybridized carbons (Fsp3) is 0.417. The molecule has 0 aliphatic heterocycles. The van der Waals surface area contributed by atoms with Crippen LogP contribution in [-0.2, 0) is 16.0 Å². The molecule has 0 aliphatic rings. The van der Waals surface area contributed by atoms with E-state index in [2.05, 4.69) is 4.74 Å². The van der Waals surface area contributed by atoms with Crippen LogP contribution in [0.3, 0.4) is 0 Å². The van der Waals surface area contributed by atoms with E-state index >= 15 is 0 Å². The molecule has 1 unspecified atom stereocenters. The van der Waals surface area contributed by atoms with E-state index in [1.165, 1.54) is 0 Å². The summed E-state index contributed by atoms with van der Waals surface area (Å²) in [5.41, 5.74) is 1.47. The molecule has 0 saturated carbocycles. The summed E-state index contributed by atoms with van der Waals surface area (Å²) < 4.78 is 18.1. The number of carbonyl (C=O) groups is 1. The average Bonchev–Trinajstić information content (AvgIpc) is 2.28. The van der Waals surface area contributed by atoms with Gasteiger partial charge in [0.1, 0.15) is 0 Å². The van der Waals surface area contributed by atoms with Crippen LogP contribution >= 0.6 is 0 Å². The Bertz CT molecular complexity index is 319. The van der Waals surface area contributed by atoms with Gasteiger partial charge in [-0.2, -0.15) is 0 Å². The molecular weight excluding hydrogens is 195 g/mol. The summed E-state index contributed by atoms with van der Waals surface area (Å²) in [6.07, 6.45) is -0.771. The molecule has 0 amide bonds. The van der Waals surface area contributed by atoms with Gasteiger partial charge in [-0.15, -0.1) is 0 Å². The van der Waals surface area contributed by atoms with Gasteiger partial charge in [-0.3, -0.25) is 0 Å². The molecule has 1 atom stereocenters. The Morgan fingerprint density at radius 1 is 1.33 bits per heavy atom. The third-order valence-corrected chi connectivity index (χ3v) is 2.17. The van der Waals surface area contributed by atoms with E-state index in [-0.39, 0.29) is 6.61 Å². The van der Waals surface area contributed by atoms with Gasteiger partial charge in [0.15, 0.2) is 0 Å². The maximum atomic E-state index is 13.5. The van der Waals surface area contributed by atoms with Crippen molar-refractivity contribution in [2.75, 3.05) is 6.61 Å². The minimum Gasteiger partial charge on any atom is -0.464 e. The van der Waals surface area contributed by atoms with E-state index in [0.717, 1.165) is 12.0 Å². The predicted octanol–water partition coefficient (Wildman–Crippen LogP) is 2.82. The fourth-order valence-electron chi connectivity index (χ4n) is 1.27. The van der Waals surface area contributed by atoms with Crippen LogP contribution < -0.4 is 0 Å². The Kier molecular flexibility index (Phi) is 4.28. The first-order valence-electron chi connectivity index (χ1n) is 5.08. The molecule has 82 valence electrons. The van der Waals surface area contributed by atoms with E-state index in [0.29, 0.717) is 5.56 Å². The van der Waals surface area contributed by atoms with Gasteiger partial charge in [-0.25, -0.2) is 9.18 Å². The van der Waals surface area contributed by atoms with Gasteiger partial charge in [-0.05, 0) is 24.5 Å². The van der Waals surface area contributed by atoms with Crippen molar-refractivity contribution in [1.82, 2.24) is 0 Å². The first kappa shape index (κ1) is 11.7. The lowest BCUT2D eigenvalue weighted by Crippen LogP contribution is -2.11. The molecule has 0 heterocycles. The van der Waals surface area contributed by atoms with Crippen LogP contribution in [0.25, 0.3) is 0 Å². The van der Waals surface area contributed by atoms with Crippen LogP contribution in [0.5, 0.6) is 0 Å². The maximum Gasteiger partial charge on any atom is 0.345 e. The molecule has 0 bridgehead atoms. The number of benzene rings is 1. The summed E-state index contributed by atoms with van der Waals surface area (Å²) in [6.45, 7) is 3.88. The lowest BCUT2D eigenvalue weighted by atomic mass is 10.1. The number of aryl methyl sites for hydroxylation is 1. The number of esters is 1. The molecule has 0 aromatic heterocycles. The smallest absolute Gasteiger partial charge is 0.345 e. The van der Waals surface area contributed by atoms with E-state index < -0.39 is 12.1 Å². The largest absolute Gasteiger partial charge is 0.464 e. The molecule has 0 fully saturated rings. The SMILES string of the molecule is CCOC(=O)C(F)c1ccc(CC)cc1. The van der Waals surface area contributed by atoms with Crippen molar-refractivity contribution in [3.63, 3.8) is 0 Å². The number of rotatable bonds is 4. The number of alkyl halides is 1. The molecular formula is C12H15FO2. The summed E-state index contributed by atoms with van der Waals surface area (Å²) in [5.74, 6) is -0.818. The zero-order valence-corrected chi connectivity index (χ0v) is 9.00. The summed E-state index contributed by atoms with van der Waals surface area (Å²) in [6, 6.07) is 6.89. The third-order valence-electron chi connectivity index (χ3n) is 2.17. The van der Waals surface area contributed by atoms with E-state index in [9.17, 15) is 9.18 Å². The second kappa shape index (κ2) is 5.49. The Morgan fingerprint density at radius 2 is 1.93 bits per heavy atom. The van der Waals surface area contributed by atoms with Crippen LogP contribution in [0.15, 0.2) is 24.3 Å². The van der Waals surface area contributed by atoms with Gasteiger partial charge >= 0.3 is 5.97 Å². The van der Waals surface area contributed by atoms with Crippen molar-refractivity contribution in [3.05, 3.63) is 35.4 Å². The minimum atomic E-state index is -1.67. The highest BCUT2D eigenvalue weighted by Gasteiger charge is 2.20. The van der Waals surface area contributed by atoms with Crippen molar-refractivity contribution in [1.29, 1.82) is 0 Å². The number of halogens is 1. The average molecular weight is 210 g/mol. The molecule has 0 N–H and O–H groups in total. The van der Waals surface area contributed by atoms with E-state index in [1.54, 1.807) is 19.1 Å². The predicted molar refractivity (Wildman–Crippen MR) is 56.3 cm³/mol. The Balaban J connectivity index is 2.73. The maximum absolute atomic E-state index is 13.5. The molecule has 15 heavy (non-hydrogen) atoms. The van der Waals surface area contributed by atoms with Crippen molar-refractivity contribution in [2.24, 2.45) is 0 Å². The highest BCUT2D eigenvalue weighted by atomic mass is 19.1. The van der Waals surface area contributed by atoms with Crippen molar-refractivity contribution < 1.29 is 13.9 Å². The van der Waals surface area contributed by atoms with Crippen molar-refractivity contribution in [3.8, 4) is 0 Å². The summed E-state index contributed by atoms with van der Waals surface area (Å²) in [5, 5.41) is 0. The van der Waals surface area contributed by atoms with Gasteiger partial charge in [0.2, 0.25) is 6.17 Å². The molecule has 0 aliphatic carbocycles. The third kappa shape index (κ3) is 3.05. The normalized spacial score (nSPS) is 12.2. The molecule has 0 radical (unpaired) electrons. The highest BCUT2D eigenvalue weighted by Crippen LogP contribution is 2.19. The quantitative estimate of drug-likeness (QED) is 0.714. The number of hydrogen-bond acceptors (Lipinski definition) is 2. The first-order valence-corrected chi connectivity index (χ1v) is 5.08. The van der Waals surface area contributed by atoms with Crippen LogP contribution in [0.4, 0.5) is 4.39 Å². The van der Waals surface area contributed by atoms with Gasteiger partial charge in [0, 0.05) is 0 Å². The summed E-state index contributed by atoms with van der Waals surface area (Å²) in [4.78, 5) is 11.1. The summed E-state index contributed by atoms with van der Waals surface area (Å²) >= 11 is 0. The van der Waals surface area contributed by atoms with E-state index in [4.69, 9.17) is 0 Å². The zero-order valence-electron chi connectivity index (χ0n) is 9.00. The van der Waals surface area contributed by atoms with Crippen molar-refractivity contribution in [2.45, 2.75) is 26.4 Å². The molecule has 1 rings (SSSR count). The van der Waals surface area contributed by atoms with Crippen LogP contribution in [0, 0.1) is 0 Å². The molecule has 1 aromatic carbocycles.